The summed E-state index contributed by atoms with van der Waals surface area (Å²) in [6.07, 6.45) is 0.587. The molecular formula is C14H21NO2. The number of ketones is 1. The van der Waals surface area contributed by atoms with E-state index in [1.807, 2.05) is 45.2 Å². The van der Waals surface area contributed by atoms with Crippen molar-refractivity contribution in [3.05, 3.63) is 29.8 Å². The highest BCUT2D eigenvalue weighted by atomic mass is 16.5. The molecule has 0 aliphatic carbocycles. The van der Waals surface area contributed by atoms with Crippen molar-refractivity contribution in [1.82, 2.24) is 4.90 Å². The minimum Gasteiger partial charge on any atom is -0.497 e. The summed E-state index contributed by atoms with van der Waals surface area (Å²) in [6, 6.07) is 7.89. The van der Waals surface area contributed by atoms with Gasteiger partial charge in [0.2, 0.25) is 0 Å². The molecule has 3 heteroatoms. The second kappa shape index (κ2) is 6.40. The van der Waals surface area contributed by atoms with Crippen LogP contribution in [0.4, 0.5) is 0 Å². The van der Waals surface area contributed by atoms with Gasteiger partial charge in [0.05, 0.1) is 13.2 Å². The van der Waals surface area contributed by atoms with E-state index in [4.69, 9.17) is 4.74 Å². The Kier molecular flexibility index (Phi) is 5.16. The van der Waals surface area contributed by atoms with Crippen LogP contribution in [0.5, 0.6) is 5.75 Å². The summed E-state index contributed by atoms with van der Waals surface area (Å²) < 4.78 is 5.18. The number of likely N-dealkylation sites (N-methyl/N-ethyl adjacent to an activating group) is 1. The molecule has 1 aromatic rings. The number of Topliss-reactive ketones (excluding diaryl/α,β-unsaturated/α-hetero) is 1. The van der Waals surface area contributed by atoms with Gasteiger partial charge in [-0.1, -0.05) is 19.1 Å². The fourth-order valence-electron chi connectivity index (χ4n) is 1.74. The van der Waals surface area contributed by atoms with Gasteiger partial charge in [-0.25, -0.2) is 0 Å². The van der Waals surface area contributed by atoms with Crippen LogP contribution in [-0.4, -0.2) is 30.9 Å². The summed E-state index contributed by atoms with van der Waals surface area (Å²) in [5, 5.41) is 0. The van der Waals surface area contributed by atoms with Gasteiger partial charge >= 0.3 is 0 Å². The van der Waals surface area contributed by atoms with Crippen molar-refractivity contribution in [2.45, 2.75) is 32.9 Å². The Balaban J connectivity index is 2.66. The Morgan fingerprint density at radius 1 is 1.47 bits per heavy atom. The zero-order valence-corrected chi connectivity index (χ0v) is 11.1. The maximum atomic E-state index is 11.6. The number of hydrogen-bond acceptors (Lipinski definition) is 3. The van der Waals surface area contributed by atoms with Gasteiger partial charge in [-0.05, 0) is 31.7 Å². The number of carbonyl (C=O) groups is 1. The molecule has 0 amide bonds. The van der Waals surface area contributed by atoms with E-state index in [2.05, 4.69) is 4.90 Å². The van der Waals surface area contributed by atoms with Crippen LogP contribution in [0, 0.1) is 0 Å². The predicted molar refractivity (Wildman–Crippen MR) is 69.2 cm³/mol. The molecule has 0 bridgehead atoms. The summed E-state index contributed by atoms with van der Waals surface area (Å²) in [6.45, 7) is 4.61. The quantitative estimate of drug-likeness (QED) is 0.758. The second-order valence-corrected chi connectivity index (χ2v) is 4.26. The molecule has 0 fully saturated rings. The Labute approximate surface area is 103 Å². The molecule has 1 rings (SSSR count). The lowest BCUT2D eigenvalue weighted by atomic mass is 10.1. The van der Waals surface area contributed by atoms with Crippen molar-refractivity contribution in [2.75, 3.05) is 14.2 Å². The van der Waals surface area contributed by atoms with E-state index in [-0.39, 0.29) is 11.8 Å². The normalized spacial score (nSPS) is 12.5. The van der Waals surface area contributed by atoms with Gasteiger partial charge in [0.15, 0.2) is 0 Å². The van der Waals surface area contributed by atoms with Gasteiger partial charge < -0.3 is 4.74 Å². The molecule has 0 aromatic heterocycles. The van der Waals surface area contributed by atoms with Crippen LogP contribution in [0.15, 0.2) is 24.3 Å². The molecule has 0 saturated carbocycles. The number of carbonyl (C=O) groups excluding carboxylic acids is 1. The van der Waals surface area contributed by atoms with Gasteiger partial charge in [-0.3, -0.25) is 9.69 Å². The van der Waals surface area contributed by atoms with Crippen molar-refractivity contribution in [1.29, 1.82) is 0 Å². The highest BCUT2D eigenvalue weighted by Gasteiger charge is 2.16. The maximum Gasteiger partial charge on any atom is 0.149 e. The molecule has 0 spiro atoms. The van der Waals surface area contributed by atoms with Crippen molar-refractivity contribution in [3.63, 3.8) is 0 Å². The molecular weight excluding hydrogens is 214 g/mol. The van der Waals surface area contributed by atoms with E-state index >= 15 is 0 Å². The van der Waals surface area contributed by atoms with Crippen molar-refractivity contribution in [3.8, 4) is 5.75 Å². The highest BCUT2D eigenvalue weighted by Crippen LogP contribution is 2.15. The predicted octanol–water partition coefficient (Wildman–Crippen LogP) is 2.49. The van der Waals surface area contributed by atoms with Crippen molar-refractivity contribution in [2.24, 2.45) is 0 Å². The van der Waals surface area contributed by atoms with Gasteiger partial charge in [0.1, 0.15) is 11.5 Å². The fourth-order valence-corrected chi connectivity index (χ4v) is 1.74. The largest absolute Gasteiger partial charge is 0.497 e. The van der Waals surface area contributed by atoms with Crippen molar-refractivity contribution < 1.29 is 9.53 Å². The topological polar surface area (TPSA) is 29.5 Å². The lowest BCUT2D eigenvalue weighted by Gasteiger charge is -2.23. The van der Waals surface area contributed by atoms with Crippen LogP contribution in [-0.2, 0) is 11.3 Å². The molecule has 94 valence electrons. The lowest BCUT2D eigenvalue weighted by Crippen LogP contribution is -2.35. The summed E-state index contributed by atoms with van der Waals surface area (Å²) >= 11 is 0. The second-order valence-electron chi connectivity index (χ2n) is 4.26. The first-order valence-electron chi connectivity index (χ1n) is 5.94. The van der Waals surface area contributed by atoms with Crippen LogP contribution < -0.4 is 4.74 Å². The Morgan fingerprint density at radius 3 is 2.76 bits per heavy atom. The van der Waals surface area contributed by atoms with E-state index in [0.29, 0.717) is 6.42 Å². The molecule has 0 heterocycles. The fraction of sp³-hybridized carbons (Fsp3) is 0.500. The molecule has 0 aliphatic heterocycles. The first kappa shape index (κ1) is 13.7. The molecule has 0 N–H and O–H groups in total. The number of nitrogens with zero attached hydrogens (tertiary/aromatic N) is 1. The minimum atomic E-state index is -0.0359. The summed E-state index contributed by atoms with van der Waals surface area (Å²) in [7, 11) is 3.63. The highest BCUT2D eigenvalue weighted by molar-refractivity contribution is 5.83. The minimum absolute atomic E-state index is 0.0359. The molecule has 0 aliphatic rings. The van der Waals surface area contributed by atoms with Gasteiger partial charge in [0.25, 0.3) is 0 Å². The Bertz CT molecular complexity index is 376. The standard InChI is InChI=1S/C14H21NO2/c1-5-14(16)11(2)15(3)10-12-7-6-8-13(9-12)17-4/h6-9,11H,5,10H2,1-4H3. The summed E-state index contributed by atoms with van der Waals surface area (Å²) in [5.41, 5.74) is 1.16. The Hall–Kier alpha value is -1.35. The third kappa shape index (κ3) is 3.86. The number of hydrogen-bond donors (Lipinski definition) is 0. The number of benzene rings is 1. The summed E-state index contributed by atoms with van der Waals surface area (Å²) in [4.78, 5) is 13.7. The molecule has 3 nitrogen and oxygen atoms in total. The SMILES string of the molecule is CCC(=O)C(C)N(C)Cc1cccc(OC)c1. The van der Waals surface area contributed by atoms with Crippen LogP contribution in [0.2, 0.25) is 0 Å². The van der Waals surface area contributed by atoms with E-state index in [1.54, 1.807) is 7.11 Å². The van der Waals surface area contributed by atoms with Crippen LogP contribution in [0.1, 0.15) is 25.8 Å². The van der Waals surface area contributed by atoms with Crippen molar-refractivity contribution >= 4 is 5.78 Å². The Morgan fingerprint density at radius 2 is 2.18 bits per heavy atom. The van der Waals surface area contributed by atoms with Gasteiger partial charge in [0, 0.05) is 13.0 Å². The molecule has 0 radical (unpaired) electrons. The summed E-state index contributed by atoms with van der Waals surface area (Å²) in [5.74, 6) is 1.13. The molecule has 17 heavy (non-hydrogen) atoms. The molecule has 0 saturated heterocycles. The first-order valence-corrected chi connectivity index (χ1v) is 5.94. The smallest absolute Gasteiger partial charge is 0.149 e. The average molecular weight is 235 g/mol. The van der Waals surface area contributed by atoms with E-state index in [1.165, 1.54) is 0 Å². The van der Waals surface area contributed by atoms with Gasteiger partial charge in [-0.15, -0.1) is 0 Å². The van der Waals surface area contributed by atoms with E-state index < -0.39 is 0 Å². The van der Waals surface area contributed by atoms with E-state index in [0.717, 1.165) is 17.9 Å². The van der Waals surface area contributed by atoms with Crippen LogP contribution in [0.3, 0.4) is 0 Å². The monoisotopic (exact) mass is 235 g/mol. The third-order valence-corrected chi connectivity index (χ3v) is 3.04. The molecule has 1 unspecified atom stereocenters. The zero-order chi connectivity index (χ0) is 12.8. The maximum absolute atomic E-state index is 11.6. The van der Waals surface area contributed by atoms with Crippen LogP contribution in [0.25, 0.3) is 0 Å². The lowest BCUT2D eigenvalue weighted by molar-refractivity contribution is -0.123. The first-order chi connectivity index (χ1) is 8.08. The molecule has 1 atom stereocenters. The number of methoxy groups -OCH3 is 1. The average Bonchev–Trinajstić information content (AvgIpc) is 2.37. The molecule has 1 aromatic carbocycles. The third-order valence-electron chi connectivity index (χ3n) is 3.04. The van der Waals surface area contributed by atoms with Gasteiger partial charge in [-0.2, -0.15) is 0 Å². The number of rotatable bonds is 6. The van der Waals surface area contributed by atoms with Crippen LogP contribution >= 0.6 is 0 Å². The zero-order valence-electron chi connectivity index (χ0n) is 11.1. The van der Waals surface area contributed by atoms with E-state index in [9.17, 15) is 4.79 Å². The number of ether oxygens (including phenoxy) is 1.